The first-order valence-electron chi connectivity index (χ1n) is 18.3. The van der Waals surface area contributed by atoms with Gasteiger partial charge in [-0.15, -0.1) is 0 Å². The number of aromatic nitrogens is 6. The van der Waals surface area contributed by atoms with Crippen molar-refractivity contribution in [2.45, 2.75) is 19.3 Å². The second kappa shape index (κ2) is 20.2. The summed E-state index contributed by atoms with van der Waals surface area (Å²) in [4.78, 5) is 36.7. The third-order valence-electron chi connectivity index (χ3n) is 8.99. The van der Waals surface area contributed by atoms with Crippen LogP contribution in [-0.4, -0.2) is 41.0 Å². The Morgan fingerprint density at radius 2 is 0.860 bits per heavy atom. The number of benzene rings is 3. The van der Waals surface area contributed by atoms with Gasteiger partial charge in [-0.25, -0.2) is 0 Å². The van der Waals surface area contributed by atoms with Gasteiger partial charge >= 0.3 is 5.97 Å². The molecule has 8 nitrogen and oxygen atoms in total. The maximum Gasteiger partial charge on any atom is 0.303 e. The van der Waals surface area contributed by atoms with Gasteiger partial charge in [0.1, 0.15) is 0 Å². The predicted molar refractivity (Wildman–Crippen MR) is 223 cm³/mol. The van der Waals surface area contributed by atoms with Gasteiger partial charge in [0.05, 0.1) is 33.8 Å². The summed E-state index contributed by atoms with van der Waals surface area (Å²) in [5, 5.41) is 10.9. The zero-order valence-corrected chi connectivity index (χ0v) is 32.6. The molecule has 6 heterocycles. The Kier molecular flexibility index (Phi) is 14.1. The van der Waals surface area contributed by atoms with Crippen LogP contribution in [0.4, 0.5) is 0 Å². The van der Waals surface area contributed by atoms with Crippen LogP contribution in [0.3, 0.4) is 0 Å². The summed E-state index contributed by atoms with van der Waals surface area (Å²) in [6, 6.07) is 50.5. The number of nitrogens with zero attached hydrogens (tertiary/aromatic N) is 6. The van der Waals surface area contributed by atoms with E-state index in [9.17, 15) is 4.79 Å². The number of carboxylic acids is 1. The van der Waals surface area contributed by atoms with Gasteiger partial charge in [0.2, 0.25) is 0 Å². The number of rotatable bonds is 8. The smallest absolute Gasteiger partial charge is 0.303 e. The standard InChI is InChI=1S/C24H16N2.C14H14N2O2.C10H8N2.Ru/c1-3-7-17(8-4-1)19-13-15-25-23-21(19)11-12-22-20(14-16-26-24(22)23)18-9-5-2-6-10-18;17-14(18)6-3-4-11-7-9-16-13(10-11)12-5-1-2-8-15-12;1-3-7-11-9(5-1)10-6-2-4-8-12-10;/h1-16H;1-2,5,7-10H,3-4,6H2,(H,17,18);1-8H;. The van der Waals surface area contributed by atoms with Crippen LogP contribution in [0.5, 0.6) is 0 Å². The van der Waals surface area contributed by atoms with E-state index in [0.29, 0.717) is 6.42 Å². The number of carboxylic acid groups (broad SMARTS) is 1. The van der Waals surface area contributed by atoms with Gasteiger partial charge in [0.25, 0.3) is 0 Å². The Morgan fingerprint density at radius 3 is 1.30 bits per heavy atom. The number of hydrogen-bond acceptors (Lipinski definition) is 7. The second-order valence-corrected chi connectivity index (χ2v) is 12.7. The quantitative estimate of drug-likeness (QED) is 0.119. The van der Waals surface area contributed by atoms with Gasteiger partial charge in [-0.2, -0.15) is 0 Å². The van der Waals surface area contributed by atoms with Crippen molar-refractivity contribution in [3.63, 3.8) is 0 Å². The molecule has 1 N–H and O–H groups in total. The van der Waals surface area contributed by atoms with E-state index in [1.807, 2.05) is 91.3 Å². The molecule has 6 aromatic heterocycles. The summed E-state index contributed by atoms with van der Waals surface area (Å²) in [6.07, 6.45) is 12.3. The normalized spacial score (nSPS) is 10.3. The van der Waals surface area contributed by atoms with Crippen molar-refractivity contribution in [2.24, 2.45) is 0 Å². The fraction of sp³-hybridized carbons (Fsp3) is 0.0625. The van der Waals surface area contributed by atoms with Crippen molar-refractivity contribution < 1.29 is 29.4 Å². The third kappa shape index (κ3) is 10.5. The molecule has 9 rings (SSSR count). The van der Waals surface area contributed by atoms with Gasteiger partial charge in [0.15, 0.2) is 0 Å². The van der Waals surface area contributed by atoms with Crippen molar-refractivity contribution >= 4 is 27.8 Å². The molecule has 0 atom stereocenters. The molecule has 9 aromatic rings. The van der Waals surface area contributed by atoms with E-state index in [-0.39, 0.29) is 25.9 Å². The first-order valence-corrected chi connectivity index (χ1v) is 18.3. The fourth-order valence-corrected chi connectivity index (χ4v) is 6.32. The second-order valence-electron chi connectivity index (χ2n) is 12.7. The molecule has 0 fully saturated rings. The Bertz CT molecular complexity index is 2500. The summed E-state index contributed by atoms with van der Waals surface area (Å²) in [6.45, 7) is 0. The van der Waals surface area contributed by atoms with Gasteiger partial charge < -0.3 is 5.11 Å². The van der Waals surface area contributed by atoms with Crippen molar-refractivity contribution in [1.29, 1.82) is 0 Å². The molecule has 0 unspecified atom stereocenters. The monoisotopic (exact) mass is 832 g/mol. The van der Waals surface area contributed by atoms with E-state index >= 15 is 0 Å². The van der Waals surface area contributed by atoms with E-state index < -0.39 is 5.97 Å². The summed E-state index contributed by atoms with van der Waals surface area (Å²) in [5.74, 6) is -0.756. The van der Waals surface area contributed by atoms with Crippen LogP contribution in [0, 0.1) is 0 Å². The Labute approximate surface area is 344 Å². The summed E-state index contributed by atoms with van der Waals surface area (Å²) in [5.41, 5.74) is 11.2. The van der Waals surface area contributed by atoms with E-state index in [2.05, 4.69) is 103 Å². The average Bonchev–Trinajstić information content (AvgIpc) is 3.28. The first-order chi connectivity index (χ1) is 27.6. The van der Waals surface area contributed by atoms with Crippen molar-refractivity contribution in [3.05, 3.63) is 194 Å². The Hall–Kier alpha value is -6.83. The molecule has 280 valence electrons. The van der Waals surface area contributed by atoms with Crippen LogP contribution in [0.1, 0.15) is 18.4 Å². The topological polar surface area (TPSA) is 115 Å². The molecule has 9 heteroatoms. The Balaban J connectivity index is 0.000000154. The molecule has 0 spiro atoms. The largest absolute Gasteiger partial charge is 0.481 e. The number of aryl methyl sites for hydroxylation is 1. The average molecular weight is 832 g/mol. The summed E-state index contributed by atoms with van der Waals surface area (Å²) >= 11 is 0. The first kappa shape index (κ1) is 39.9. The molecular weight excluding hydrogens is 794 g/mol. The summed E-state index contributed by atoms with van der Waals surface area (Å²) in [7, 11) is 0. The van der Waals surface area contributed by atoms with Crippen LogP contribution < -0.4 is 0 Å². The molecule has 0 aliphatic heterocycles. The third-order valence-corrected chi connectivity index (χ3v) is 8.99. The van der Waals surface area contributed by atoms with Crippen molar-refractivity contribution in [3.8, 4) is 45.0 Å². The minimum Gasteiger partial charge on any atom is -0.481 e. The minimum absolute atomic E-state index is 0. The van der Waals surface area contributed by atoms with E-state index in [1.54, 1.807) is 24.8 Å². The molecule has 0 saturated heterocycles. The number of carbonyl (C=O) groups is 1. The molecule has 0 aliphatic rings. The number of pyridine rings is 6. The van der Waals surface area contributed by atoms with Crippen LogP contribution in [0.15, 0.2) is 189 Å². The molecule has 0 radical (unpaired) electrons. The zero-order valence-electron chi connectivity index (χ0n) is 30.9. The number of fused-ring (bicyclic) bond motifs is 3. The SMILES string of the molecule is O=C(O)CCCc1ccnc(-c2ccccn2)c1.[Ru].c1ccc(-c2ccccn2)nc1.c1ccc(-c2ccnc3c2ccc2c(-c4ccccc4)ccnc23)cc1. The van der Waals surface area contributed by atoms with Crippen LogP contribution in [-0.2, 0) is 30.7 Å². The van der Waals surface area contributed by atoms with Crippen LogP contribution in [0.25, 0.3) is 66.8 Å². The molecule has 57 heavy (non-hydrogen) atoms. The molecule has 0 saturated carbocycles. The fourth-order valence-electron chi connectivity index (χ4n) is 6.32. The molecule has 0 bridgehead atoms. The predicted octanol–water partition coefficient (Wildman–Crippen LogP) is 10.8. The van der Waals surface area contributed by atoms with Gasteiger partial charge in [0, 0.05) is 73.9 Å². The van der Waals surface area contributed by atoms with Crippen molar-refractivity contribution in [1.82, 2.24) is 29.9 Å². The molecule has 0 amide bonds. The van der Waals surface area contributed by atoms with E-state index in [0.717, 1.165) is 56.6 Å². The van der Waals surface area contributed by atoms with Crippen LogP contribution >= 0.6 is 0 Å². The molecular formula is C48H38N6O2Ru. The van der Waals surface area contributed by atoms with Gasteiger partial charge in [-0.05, 0) is 101 Å². The number of hydrogen-bond donors (Lipinski definition) is 1. The van der Waals surface area contributed by atoms with Crippen LogP contribution in [0.2, 0.25) is 0 Å². The minimum atomic E-state index is -0.756. The van der Waals surface area contributed by atoms with E-state index in [1.165, 1.54) is 22.3 Å². The van der Waals surface area contributed by atoms with E-state index in [4.69, 9.17) is 5.11 Å². The number of aliphatic carboxylic acids is 1. The van der Waals surface area contributed by atoms with Crippen molar-refractivity contribution in [2.75, 3.05) is 0 Å². The Morgan fingerprint density at radius 1 is 0.439 bits per heavy atom. The maximum atomic E-state index is 10.5. The zero-order chi connectivity index (χ0) is 38.4. The molecule has 3 aromatic carbocycles. The summed E-state index contributed by atoms with van der Waals surface area (Å²) < 4.78 is 0. The van der Waals surface area contributed by atoms with Gasteiger partial charge in [-0.1, -0.05) is 91.0 Å². The maximum absolute atomic E-state index is 10.5. The molecule has 0 aliphatic carbocycles. The van der Waals surface area contributed by atoms with Gasteiger partial charge in [-0.3, -0.25) is 34.7 Å².